The Morgan fingerprint density at radius 1 is 1.16 bits per heavy atom. The van der Waals surface area contributed by atoms with Gasteiger partial charge in [0.05, 0.1) is 11.6 Å². The summed E-state index contributed by atoms with van der Waals surface area (Å²) in [7, 11) is -3.57. The number of nitrogens with one attached hydrogen (secondary N) is 2. The van der Waals surface area contributed by atoms with Gasteiger partial charge in [0.1, 0.15) is 31.1 Å². The van der Waals surface area contributed by atoms with Gasteiger partial charge in [-0.05, 0) is 37.6 Å². The Labute approximate surface area is 295 Å². The molecule has 1 aliphatic rings. The van der Waals surface area contributed by atoms with Crippen molar-refractivity contribution in [2.75, 3.05) is 25.4 Å². The first-order valence-electron chi connectivity index (χ1n) is 14.9. The zero-order valence-electron chi connectivity index (χ0n) is 27.3. The van der Waals surface area contributed by atoms with E-state index in [-0.39, 0.29) is 41.6 Å². The molecule has 2 atom stereocenters. The normalized spacial score (nSPS) is 16.3. The van der Waals surface area contributed by atoms with E-state index in [0.717, 1.165) is 22.5 Å². The van der Waals surface area contributed by atoms with Crippen LogP contribution in [-0.2, 0) is 41.0 Å². The van der Waals surface area contributed by atoms with Crippen LogP contribution < -0.4 is 37.1 Å². The molecular formula is C29H35N9O11S2. The molecule has 0 bridgehead atoms. The second-order valence-electron chi connectivity index (χ2n) is 11.5. The predicted octanol–water partition coefficient (Wildman–Crippen LogP) is -2.02. The van der Waals surface area contributed by atoms with Crippen molar-refractivity contribution in [3.63, 3.8) is 0 Å². The number of thiazole rings is 1. The maximum Gasteiger partial charge on any atom is 0.351 e. The standard InChI is InChI=1S/C29H35N9O11S2/c1-29(2)23(26(41)38(29)49-51(44,45)46)35-25(40)22(19-14-50-28(32)34-19)36-48-21(27(42)43)13-47-18-7-4-15(5-8-18)16-6-9-20(37(3)12-16)24(39)33-17(10-30)11-31/h4-9,12,14,17,21,23H,10-11,13,30-31H2,1-3H3,(H5-,32,33,34,35,39,40,42,43,44,45,46)/b36-22-/t21-,23+/m0/s1. The fourth-order valence-corrected chi connectivity index (χ4v) is 5.68. The maximum absolute atomic E-state index is 13.2. The van der Waals surface area contributed by atoms with E-state index < -0.39 is 58.2 Å². The number of rotatable bonds is 16. The summed E-state index contributed by atoms with van der Waals surface area (Å²) in [6.07, 6.45) is 0.0239. The Morgan fingerprint density at radius 2 is 1.80 bits per heavy atom. The summed E-state index contributed by atoms with van der Waals surface area (Å²) >= 11 is 0.935. The zero-order valence-corrected chi connectivity index (χ0v) is 29.0. The highest BCUT2D eigenvalue weighted by Gasteiger charge is 2.57. The van der Waals surface area contributed by atoms with Crippen molar-refractivity contribution < 1.29 is 55.7 Å². The average molecular weight is 750 g/mol. The zero-order chi connectivity index (χ0) is 37.7. The number of carbonyl (C=O) groups is 4. The summed E-state index contributed by atoms with van der Waals surface area (Å²) in [6, 6.07) is 8.28. The minimum absolute atomic E-state index is 0.0331. The number of aliphatic carboxylic acids is 1. The fraction of sp³-hybridized carbons (Fsp3) is 0.345. The number of carbonyl (C=O) groups excluding carboxylic acids is 3. The molecule has 0 aliphatic carbocycles. The van der Waals surface area contributed by atoms with Crippen molar-refractivity contribution in [3.05, 3.63) is 59.4 Å². The summed E-state index contributed by atoms with van der Waals surface area (Å²) in [5, 5.41) is 20.2. The Bertz CT molecular complexity index is 1930. The number of pyridine rings is 1. The van der Waals surface area contributed by atoms with Gasteiger partial charge in [-0.15, -0.1) is 11.3 Å². The predicted molar refractivity (Wildman–Crippen MR) is 177 cm³/mol. The Hall–Kier alpha value is -5.26. The summed E-state index contributed by atoms with van der Waals surface area (Å²) in [5.41, 5.74) is 16.7. The quantitative estimate of drug-likeness (QED) is 0.0230. The molecule has 3 heterocycles. The van der Waals surface area contributed by atoms with Gasteiger partial charge >= 0.3 is 11.9 Å². The highest BCUT2D eigenvalue weighted by Crippen LogP contribution is 2.33. The van der Waals surface area contributed by atoms with Crippen LogP contribution in [0.25, 0.3) is 11.1 Å². The molecule has 0 radical (unpaired) electrons. The van der Waals surface area contributed by atoms with Gasteiger partial charge in [-0.25, -0.2) is 18.2 Å². The molecule has 0 unspecified atom stereocenters. The third kappa shape index (κ3) is 9.30. The SMILES string of the molecule is C[n+]1cc(-c2ccc(OC[C@H](O/N=C(\C(=O)N[C@@H]3C(=O)N(OS(=O)(=O)[O-])C3(C)C)c3csc(N)n3)C(=O)O)cc2)ccc1C(=O)NC(CN)CN. The Balaban J connectivity index is 1.43. The smallest absolute Gasteiger partial charge is 0.351 e. The van der Waals surface area contributed by atoms with Crippen molar-refractivity contribution in [2.24, 2.45) is 23.7 Å². The van der Waals surface area contributed by atoms with E-state index in [1.54, 1.807) is 54.2 Å². The van der Waals surface area contributed by atoms with Crippen LogP contribution in [0.15, 0.2) is 53.1 Å². The fourth-order valence-electron chi connectivity index (χ4n) is 4.68. The molecule has 0 saturated carbocycles. The van der Waals surface area contributed by atoms with Crippen molar-refractivity contribution in [1.29, 1.82) is 0 Å². The van der Waals surface area contributed by atoms with Gasteiger partial charge in [0.25, 0.3) is 23.6 Å². The molecule has 22 heteroatoms. The van der Waals surface area contributed by atoms with Crippen LogP contribution in [0.1, 0.15) is 30.0 Å². The molecule has 0 spiro atoms. The van der Waals surface area contributed by atoms with Gasteiger partial charge in [0.2, 0.25) is 10.4 Å². The number of carboxylic acids is 1. The molecule has 3 aromatic rings. The van der Waals surface area contributed by atoms with Gasteiger partial charge in [-0.2, -0.15) is 13.9 Å². The van der Waals surface area contributed by atoms with E-state index >= 15 is 0 Å². The number of nitrogens with two attached hydrogens (primary N) is 3. The van der Waals surface area contributed by atoms with Crippen LogP contribution in [0.2, 0.25) is 0 Å². The second-order valence-corrected chi connectivity index (χ2v) is 13.4. The van der Waals surface area contributed by atoms with Crippen LogP contribution in [0.3, 0.4) is 0 Å². The van der Waals surface area contributed by atoms with Gasteiger partial charge < -0.3 is 47.1 Å². The summed E-state index contributed by atoms with van der Waals surface area (Å²) in [5.74, 6) is -3.65. The number of hydroxylamine groups is 2. The molecule has 51 heavy (non-hydrogen) atoms. The maximum atomic E-state index is 13.2. The highest BCUT2D eigenvalue weighted by molar-refractivity contribution is 7.80. The minimum Gasteiger partial charge on any atom is -0.724 e. The molecule has 1 aromatic carbocycles. The number of carboxylic acid groups (broad SMARTS) is 1. The second kappa shape index (κ2) is 15.7. The number of nitrogens with zero attached hydrogens (tertiary/aromatic N) is 4. The molecule has 3 amide bonds. The lowest BCUT2D eigenvalue weighted by atomic mass is 9.84. The Kier molecular flexibility index (Phi) is 11.9. The van der Waals surface area contributed by atoms with Gasteiger partial charge in [0.15, 0.2) is 17.0 Å². The lowest BCUT2D eigenvalue weighted by Gasteiger charge is -2.51. The molecule has 1 saturated heterocycles. The monoisotopic (exact) mass is 749 g/mol. The number of hydrogen-bond donors (Lipinski definition) is 6. The molecule has 1 aliphatic heterocycles. The number of aryl methyl sites for hydroxylation is 1. The van der Waals surface area contributed by atoms with E-state index in [9.17, 15) is 37.3 Å². The van der Waals surface area contributed by atoms with E-state index in [1.165, 1.54) is 19.2 Å². The number of aromatic nitrogens is 2. The first-order valence-corrected chi connectivity index (χ1v) is 17.1. The molecule has 274 valence electrons. The van der Waals surface area contributed by atoms with Crippen LogP contribution in [0, 0.1) is 0 Å². The molecule has 20 nitrogen and oxygen atoms in total. The van der Waals surface area contributed by atoms with Gasteiger partial charge in [-0.3, -0.25) is 14.4 Å². The first-order chi connectivity index (χ1) is 23.9. The lowest BCUT2D eigenvalue weighted by Crippen LogP contribution is -2.76. The molecule has 1 fully saturated rings. The van der Waals surface area contributed by atoms with Crippen molar-refractivity contribution in [3.8, 4) is 16.9 Å². The summed E-state index contributed by atoms with van der Waals surface area (Å²) in [6.45, 7) is 2.49. The van der Waals surface area contributed by atoms with E-state index in [0.29, 0.717) is 10.8 Å². The summed E-state index contributed by atoms with van der Waals surface area (Å²) in [4.78, 5) is 59.5. The largest absolute Gasteiger partial charge is 0.724 e. The first kappa shape index (κ1) is 38.5. The molecule has 4 rings (SSSR count). The number of anilines is 1. The molecule has 9 N–H and O–H groups in total. The molecular weight excluding hydrogens is 715 g/mol. The van der Waals surface area contributed by atoms with E-state index in [4.69, 9.17) is 26.8 Å². The number of hydrogen-bond acceptors (Lipinski definition) is 16. The van der Waals surface area contributed by atoms with Gasteiger partial charge in [-0.1, -0.05) is 17.3 Å². The van der Waals surface area contributed by atoms with Crippen LogP contribution in [0.4, 0.5) is 5.13 Å². The third-order valence-corrected chi connectivity index (χ3v) is 8.51. The number of amides is 3. The van der Waals surface area contributed by atoms with E-state index in [2.05, 4.69) is 25.1 Å². The third-order valence-electron chi connectivity index (χ3n) is 7.50. The van der Waals surface area contributed by atoms with Crippen LogP contribution in [-0.4, -0.2) is 101 Å². The number of nitrogen functional groups attached to an aromatic ring is 1. The minimum atomic E-state index is -5.28. The topological polar surface area (TPSA) is 308 Å². The number of ether oxygens (including phenoxy) is 1. The van der Waals surface area contributed by atoms with E-state index in [1.807, 2.05) is 0 Å². The van der Waals surface area contributed by atoms with Crippen LogP contribution >= 0.6 is 11.3 Å². The highest BCUT2D eigenvalue weighted by atomic mass is 32.3. The average Bonchev–Trinajstić information content (AvgIpc) is 3.51. The lowest BCUT2D eigenvalue weighted by molar-refractivity contribution is -0.673. The van der Waals surface area contributed by atoms with Crippen molar-refractivity contribution >= 4 is 56.3 Å². The number of oxime groups is 1. The van der Waals surface area contributed by atoms with Crippen molar-refractivity contribution in [2.45, 2.75) is 37.6 Å². The Morgan fingerprint density at radius 3 is 2.33 bits per heavy atom. The van der Waals surface area contributed by atoms with Crippen LogP contribution in [0.5, 0.6) is 5.75 Å². The van der Waals surface area contributed by atoms with Gasteiger partial charge in [0, 0.05) is 30.1 Å². The molecule has 2 aromatic heterocycles. The number of benzene rings is 1. The summed E-state index contributed by atoms with van der Waals surface area (Å²) < 4.78 is 44.4. The van der Waals surface area contributed by atoms with Crippen molar-refractivity contribution in [1.82, 2.24) is 20.7 Å². The number of β-lactam (4-membered cyclic amide) rings is 1.